The number of aromatic carboxylic acids is 1. The third-order valence-electron chi connectivity index (χ3n) is 5.35. The van der Waals surface area contributed by atoms with Crippen molar-refractivity contribution in [2.75, 3.05) is 19.7 Å². The fraction of sp³-hybridized carbons (Fsp3) is 0.400. The Labute approximate surface area is 166 Å². The number of piperidine rings is 1. The van der Waals surface area contributed by atoms with Crippen molar-refractivity contribution in [2.24, 2.45) is 0 Å². The highest BCUT2D eigenvalue weighted by atomic mass is 35.5. The molecule has 3 heterocycles. The Morgan fingerprint density at radius 3 is 2.74 bits per heavy atom. The molecule has 0 radical (unpaired) electrons. The van der Waals surface area contributed by atoms with Crippen LogP contribution in [-0.4, -0.2) is 41.6 Å². The third-order valence-corrected chi connectivity index (χ3v) is 6.94. The van der Waals surface area contributed by atoms with E-state index in [2.05, 4.69) is 0 Å². The van der Waals surface area contributed by atoms with E-state index >= 15 is 0 Å². The van der Waals surface area contributed by atoms with Gasteiger partial charge in [-0.1, -0.05) is 23.7 Å². The highest BCUT2D eigenvalue weighted by Crippen LogP contribution is 2.45. The van der Waals surface area contributed by atoms with Gasteiger partial charge in [0.1, 0.15) is 10.5 Å². The summed E-state index contributed by atoms with van der Waals surface area (Å²) in [6.45, 7) is 1.82. The Kier molecular flexibility index (Phi) is 4.97. The zero-order valence-electron chi connectivity index (χ0n) is 14.7. The molecule has 0 atom stereocenters. The molecule has 1 amide bonds. The van der Waals surface area contributed by atoms with Gasteiger partial charge < -0.3 is 14.7 Å². The quantitative estimate of drug-likeness (QED) is 0.844. The normalized spacial score (nSPS) is 18.3. The van der Waals surface area contributed by atoms with Gasteiger partial charge >= 0.3 is 5.97 Å². The predicted octanol–water partition coefficient (Wildman–Crippen LogP) is 3.73. The molecule has 0 bridgehead atoms. The Bertz CT molecular complexity index is 886. The number of carbonyl (C=O) groups is 2. The number of carboxylic acids is 1. The van der Waals surface area contributed by atoms with Crippen LogP contribution in [0.3, 0.4) is 0 Å². The van der Waals surface area contributed by atoms with Crippen molar-refractivity contribution in [1.29, 1.82) is 0 Å². The van der Waals surface area contributed by atoms with Gasteiger partial charge in [0.2, 0.25) is 5.91 Å². The van der Waals surface area contributed by atoms with Gasteiger partial charge in [-0.15, -0.1) is 11.3 Å². The molecule has 1 saturated heterocycles. The van der Waals surface area contributed by atoms with Crippen molar-refractivity contribution in [3.05, 3.63) is 56.2 Å². The van der Waals surface area contributed by atoms with E-state index in [-0.39, 0.29) is 5.91 Å². The maximum Gasteiger partial charge on any atom is 0.345 e. The molecule has 1 spiro atoms. The van der Waals surface area contributed by atoms with Gasteiger partial charge in [0.15, 0.2) is 0 Å². The zero-order chi connectivity index (χ0) is 19.0. The van der Waals surface area contributed by atoms with Gasteiger partial charge in [-0.3, -0.25) is 4.79 Å². The second-order valence-corrected chi connectivity index (χ2v) is 8.54. The number of carbonyl (C=O) groups excluding carboxylic acids is 1. The molecular formula is C20H20ClNO4S. The van der Waals surface area contributed by atoms with Gasteiger partial charge in [-0.05, 0) is 48.6 Å². The number of nitrogens with zero attached hydrogens (tertiary/aromatic N) is 1. The fourth-order valence-corrected chi connectivity index (χ4v) is 5.41. The highest BCUT2D eigenvalue weighted by molar-refractivity contribution is 7.14. The lowest BCUT2D eigenvalue weighted by Gasteiger charge is -2.43. The standard InChI is InChI=1S/C20H20ClNO4S/c21-15-3-1-2-13(10-15)11-17(23)22-7-5-20(6-8-22)18-14(4-9-26-20)12-16(27-18)19(24)25/h1-3,10,12H,4-9,11H2,(H,24,25). The van der Waals surface area contributed by atoms with Gasteiger partial charge in [0.05, 0.1) is 13.0 Å². The van der Waals surface area contributed by atoms with E-state index in [4.69, 9.17) is 16.3 Å². The van der Waals surface area contributed by atoms with E-state index < -0.39 is 11.6 Å². The number of fused-ring (bicyclic) bond motifs is 2. The molecule has 1 N–H and O–H groups in total. The molecule has 142 valence electrons. The molecule has 1 aromatic carbocycles. The highest BCUT2D eigenvalue weighted by Gasteiger charge is 2.43. The molecule has 2 aliphatic heterocycles. The number of likely N-dealkylation sites (tertiary alicyclic amines) is 1. The molecule has 4 rings (SSSR count). The van der Waals surface area contributed by atoms with E-state index in [9.17, 15) is 14.7 Å². The molecule has 27 heavy (non-hydrogen) atoms. The second kappa shape index (κ2) is 7.26. The fourth-order valence-electron chi connectivity index (χ4n) is 3.95. The molecule has 0 saturated carbocycles. The van der Waals surface area contributed by atoms with Crippen molar-refractivity contribution in [1.82, 2.24) is 4.90 Å². The van der Waals surface area contributed by atoms with Crippen LogP contribution in [0.2, 0.25) is 5.02 Å². The summed E-state index contributed by atoms with van der Waals surface area (Å²) in [5.74, 6) is -0.806. The van der Waals surface area contributed by atoms with Crippen LogP contribution in [0.5, 0.6) is 0 Å². The number of halogens is 1. The molecular weight excluding hydrogens is 386 g/mol. The lowest BCUT2D eigenvalue weighted by atomic mass is 9.85. The number of rotatable bonds is 3. The van der Waals surface area contributed by atoms with E-state index in [0.29, 0.717) is 48.9 Å². The summed E-state index contributed by atoms with van der Waals surface area (Å²) in [6.07, 6.45) is 2.47. The number of carboxylic acid groups (broad SMARTS) is 1. The number of hydrogen-bond acceptors (Lipinski definition) is 4. The van der Waals surface area contributed by atoms with Gasteiger partial charge in [-0.2, -0.15) is 0 Å². The lowest BCUT2D eigenvalue weighted by Crippen LogP contribution is -2.48. The number of amides is 1. The summed E-state index contributed by atoms with van der Waals surface area (Å²) in [6, 6.07) is 9.16. The van der Waals surface area contributed by atoms with Gasteiger partial charge in [0.25, 0.3) is 0 Å². The number of ether oxygens (including phenoxy) is 1. The molecule has 1 aromatic heterocycles. The van der Waals surface area contributed by atoms with Crippen LogP contribution in [0.25, 0.3) is 0 Å². The van der Waals surface area contributed by atoms with Gasteiger partial charge in [0, 0.05) is 23.0 Å². The molecule has 2 aliphatic rings. The molecule has 2 aromatic rings. The SMILES string of the molecule is O=C(O)c1cc2c(s1)C1(CCN(C(=O)Cc3cccc(Cl)c3)CC1)OCC2. The smallest absolute Gasteiger partial charge is 0.345 e. The maximum absolute atomic E-state index is 12.7. The Morgan fingerprint density at radius 1 is 1.26 bits per heavy atom. The van der Waals surface area contributed by atoms with Crippen LogP contribution in [0.15, 0.2) is 30.3 Å². The minimum absolute atomic E-state index is 0.0838. The van der Waals surface area contributed by atoms with Crippen LogP contribution >= 0.6 is 22.9 Å². The van der Waals surface area contributed by atoms with Crippen LogP contribution in [0, 0.1) is 0 Å². The second-order valence-electron chi connectivity index (χ2n) is 7.05. The summed E-state index contributed by atoms with van der Waals surface area (Å²) < 4.78 is 6.15. The lowest BCUT2D eigenvalue weighted by molar-refractivity contribution is -0.139. The largest absolute Gasteiger partial charge is 0.477 e. The molecule has 1 fully saturated rings. The first-order chi connectivity index (χ1) is 13.0. The molecule has 5 nitrogen and oxygen atoms in total. The van der Waals surface area contributed by atoms with Crippen molar-refractivity contribution in [2.45, 2.75) is 31.3 Å². The van der Waals surface area contributed by atoms with Crippen molar-refractivity contribution in [3.8, 4) is 0 Å². The van der Waals surface area contributed by atoms with Crippen LogP contribution in [0.4, 0.5) is 0 Å². The summed E-state index contributed by atoms with van der Waals surface area (Å²) in [5, 5.41) is 9.94. The van der Waals surface area contributed by atoms with E-state index in [1.54, 1.807) is 12.1 Å². The first-order valence-electron chi connectivity index (χ1n) is 8.99. The van der Waals surface area contributed by atoms with E-state index in [1.165, 1.54) is 11.3 Å². The molecule has 0 unspecified atom stereocenters. The topological polar surface area (TPSA) is 66.8 Å². The average Bonchev–Trinajstić information content (AvgIpc) is 3.09. The maximum atomic E-state index is 12.7. The Morgan fingerprint density at radius 2 is 2.04 bits per heavy atom. The van der Waals surface area contributed by atoms with Crippen LogP contribution < -0.4 is 0 Å². The van der Waals surface area contributed by atoms with Crippen molar-refractivity contribution in [3.63, 3.8) is 0 Å². The van der Waals surface area contributed by atoms with Gasteiger partial charge in [-0.25, -0.2) is 4.79 Å². The third kappa shape index (κ3) is 3.61. The summed E-state index contributed by atoms with van der Waals surface area (Å²) in [7, 11) is 0. The summed E-state index contributed by atoms with van der Waals surface area (Å²) in [4.78, 5) is 27.3. The first-order valence-corrected chi connectivity index (χ1v) is 10.2. The minimum Gasteiger partial charge on any atom is -0.477 e. The first kappa shape index (κ1) is 18.5. The van der Waals surface area contributed by atoms with Crippen molar-refractivity contribution < 1.29 is 19.4 Å². The molecule has 7 heteroatoms. The number of benzene rings is 1. The van der Waals surface area contributed by atoms with Crippen molar-refractivity contribution >= 4 is 34.8 Å². The average molecular weight is 406 g/mol. The van der Waals surface area contributed by atoms with Crippen LogP contribution in [-0.2, 0) is 28.0 Å². The monoisotopic (exact) mass is 405 g/mol. The Balaban J connectivity index is 1.46. The Hall–Kier alpha value is -1.89. The molecule has 0 aliphatic carbocycles. The number of hydrogen-bond donors (Lipinski definition) is 1. The van der Waals surface area contributed by atoms with E-state index in [1.807, 2.05) is 23.1 Å². The predicted molar refractivity (Wildman–Crippen MR) is 104 cm³/mol. The summed E-state index contributed by atoms with van der Waals surface area (Å²) in [5.41, 5.74) is 1.55. The number of thiophene rings is 1. The van der Waals surface area contributed by atoms with E-state index in [0.717, 1.165) is 22.4 Å². The minimum atomic E-state index is -0.890. The van der Waals surface area contributed by atoms with Crippen LogP contribution in [0.1, 0.15) is 38.5 Å². The summed E-state index contributed by atoms with van der Waals surface area (Å²) >= 11 is 7.32. The zero-order valence-corrected chi connectivity index (χ0v) is 16.3.